The molecule has 0 aliphatic heterocycles. The van der Waals surface area contributed by atoms with E-state index in [2.05, 4.69) is 5.32 Å². The molecule has 2 atom stereocenters. The number of hydrogen-bond donors (Lipinski definition) is 1. The topological polar surface area (TPSA) is 64.6 Å². The highest BCUT2D eigenvalue weighted by Gasteiger charge is 2.38. The fourth-order valence-electron chi connectivity index (χ4n) is 3.89. The van der Waals surface area contributed by atoms with E-state index >= 15 is 0 Å². The molecule has 1 aliphatic rings. The average molecular weight is 418 g/mol. The lowest BCUT2D eigenvalue weighted by Gasteiger charge is -2.18. The van der Waals surface area contributed by atoms with Crippen LogP contribution in [-0.4, -0.2) is 11.9 Å². The van der Waals surface area contributed by atoms with Gasteiger partial charge >= 0.3 is 5.97 Å². The third-order valence-electron chi connectivity index (χ3n) is 5.46. The maximum absolute atomic E-state index is 12.9. The van der Waals surface area contributed by atoms with E-state index in [-0.39, 0.29) is 25.8 Å². The number of hydrogen-bond acceptors (Lipinski definition) is 4. The summed E-state index contributed by atoms with van der Waals surface area (Å²) in [5.41, 5.74) is 1.58. The van der Waals surface area contributed by atoms with Gasteiger partial charge in [0.25, 0.3) is 0 Å². The number of amides is 1. The number of carbonyl (C=O) groups is 2. The first kappa shape index (κ1) is 20.7. The highest BCUT2D eigenvalue weighted by molar-refractivity contribution is 5.95. The fraction of sp³-hybridized carbons (Fsp3) is 0.231. The minimum absolute atomic E-state index is 0. The number of para-hydroxylation sites is 1. The summed E-state index contributed by atoms with van der Waals surface area (Å²) in [6.07, 6.45) is 2.18. The van der Waals surface area contributed by atoms with Crippen LogP contribution in [0.5, 0.6) is 11.5 Å². The molecule has 3 aromatic rings. The lowest BCUT2D eigenvalue weighted by atomic mass is 9.95. The van der Waals surface area contributed by atoms with Crippen LogP contribution in [0, 0.1) is 11.8 Å². The number of rotatable bonds is 7. The van der Waals surface area contributed by atoms with E-state index in [1.165, 1.54) is 0 Å². The fourth-order valence-corrected chi connectivity index (χ4v) is 3.89. The van der Waals surface area contributed by atoms with Crippen molar-refractivity contribution in [1.82, 2.24) is 0 Å². The molecule has 0 radical (unpaired) electrons. The SMILES string of the molecule is O=C(OCc1ccccc1)C1CCC[C@H]1C(=O)Nc1cccc(Oc2ccccc2)c1.[HH]. The van der Waals surface area contributed by atoms with Gasteiger partial charge in [0.15, 0.2) is 0 Å². The van der Waals surface area contributed by atoms with E-state index in [1.54, 1.807) is 6.07 Å². The normalized spacial score (nSPS) is 17.7. The molecular formula is C26H27NO4. The molecule has 0 bridgehead atoms. The summed E-state index contributed by atoms with van der Waals surface area (Å²) in [5, 5.41) is 2.94. The molecule has 0 spiro atoms. The van der Waals surface area contributed by atoms with Gasteiger partial charge in [-0.1, -0.05) is 61.0 Å². The Balaban J connectivity index is 0.00000289. The van der Waals surface area contributed by atoms with Crippen molar-refractivity contribution >= 4 is 17.6 Å². The van der Waals surface area contributed by atoms with Gasteiger partial charge < -0.3 is 14.8 Å². The molecule has 4 rings (SSSR count). The van der Waals surface area contributed by atoms with Crippen LogP contribution in [0.15, 0.2) is 84.9 Å². The molecule has 1 saturated carbocycles. The first-order valence-electron chi connectivity index (χ1n) is 10.5. The second-order valence-electron chi connectivity index (χ2n) is 7.67. The maximum atomic E-state index is 12.9. The van der Waals surface area contributed by atoms with Crippen molar-refractivity contribution < 1.29 is 20.5 Å². The molecule has 5 heteroatoms. The van der Waals surface area contributed by atoms with Crippen molar-refractivity contribution in [3.8, 4) is 11.5 Å². The van der Waals surface area contributed by atoms with E-state index in [1.807, 2.05) is 78.9 Å². The highest BCUT2D eigenvalue weighted by atomic mass is 16.5. The van der Waals surface area contributed by atoms with Crippen LogP contribution in [0.4, 0.5) is 5.69 Å². The van der Waals surface area contributed by atoms with E-state index in [0.29, 0.717) is 24.3 Å². The highest BCUT2D eigenvalue weighted by Crippen LogP contribution is 2.34. The molecule has 0 heterocycles. The average Bonchev–Trinajstić information content (AvgIpc) is 3.29. The Morgan fingerprint density at radius 1 is 0.839 bits per heavy atom. The number of anilines is 1. The van der Waals surface area contributed by atoms with Crippen LogP contribution >= 0.6 is 0 Å². The molecule has 1 aliphatic carbocycles. The van der Waals surface area contributed by atoms with Crippen molar-refractivity contribution in [3.05, 3.63) is 90.5 Å². The molecule has 31 heavy (non-hydrogen) atoms. The number of esters is 1. The van der Waals surface area contributed by atoms with Crippen LogP contribution in [0.25, 0.3) is 0 Å². The molecule has 1 unspecified atom stereocenters. The standard InChI is InChI=1S/C26H25NO4.H2/c28-25(27-20-11-7-14-22(17-20)31-21-12-5-2-6-13-21)23-15-8-16-24(23)26(29)30-18-19-9-3-1-4-10-19;/h1-7,9-14,17,23-24H,8,15-16,18H2,(H,27,28);1H/t23-,24?;/m1./s1. The van der Waals surface area contributed by atoms with Crippen molar-refractivity contribution in [2.75, 3.05) is 5.32 Å². The Bertz CT molecular complexity index is 1030. The number of ether oxygens (including phenoxy) is 2. The van der Waals surface area contributed by atoms with Crippen molar-refractivity contribution in [2.45, 2.75) is 25.9 Å². The predicted molar refractivity (Wildman–Crippen MR) is 121 cm³/mol. The van der Waals surface area contributed by atoms with Crippen LogP contribution < -0.4 is 10.1 Å². The second kappa shape index (κ2) is 9.94. The summed E-state index contributed by atoms with van der Waals surface area (Å²) in [6.45, 7) is 0.226. The molecule has 5 nitrogen and oxygen atoms in total. The van der Waals surface area contributed by atoms with Gasteiger partial charge in [-0.25, -0.2) is 0 Å². The van der Waals surface area contributed by atoms with Gasteiger partial charge in [-0.05, 0) is 42.7 Å². The summed E-state index contributed by atoms with van der Waals surface area (Å²) in [5.74, 6) is 0.102. The minimum Gasteiger partial charge on any atom is -0.461 e. The zero-order chi connectivity index (χ0) is 21.5. The molecular weight excluding hydrogens is 390 g/mol. The van der Waals surface area contributed by atoms with Gasteiger partial charge in [0.1, 0.15) is 18.1 Å². The van der Waals surface area contributed by atoms with Crippen LogP contribution in [0.2, 0.25) is 0 Å². The van der Waals surface area contributed by atoms with Crippen LogP contribution in [0.1, 0.15) is 26.3 Å². The van der Waals surface area contributed by atoms with E-state index in [4.69, 9.17) is 9.47 Å². The molecule has 1 fully saturated rings. The molecule has 0 aromatic heterocycles. The third-order valence-corrected chi connectivity index (χ3v) is 5.46. The van der Waals surface area contributed by atoms with Crippen molar-refractivity contribution in [1.29, 1.82) is 0 Å². The van der Waals surface area contributed by atoms with Crippen molar-refractivity contribution in [2.24, 2.45) is 11.8 Å². The maximum Gasteiger partial charge on any atom is 0.310 e. The second-order valence-corrected chi connectivity index (χ2v) is 7.67. The van der Waals surface area contributed by atoms with Gasteiger partial charge in [0.05, 0.1) is 11.8 Å². The zero-order valence-electron chi connectivity index (χ0n) is 17.2. The lowest BCUT2D eigenvalue weighted by Crippen LogP contribution is -2.31. The van der Waals surface area contributed by atoms with E-state index in [0.717, 1.165) is 17.7 Å². The van der Waals surface area contributed by atoms with Gasteiger partial charge in [0.2, 0.25) is 5.91 Å². The Kier molecular flexibility index (Phi) is 6.62. The summed E-state index contributed by atoms with van der Waals surface area (Å²) < 4.78 is 11.3. The summed E-state index contributed by atoms with van der Waals surface area (Å²) in [4.78, 5) is 25.5. The molecule has 1 N–H and O–H groups in total. The lowest BCUT2D eigenvalue weighted by molar-refractivity contribution is -0.152. The number of benzene rings is 3. The first-order valence-corrected chi connectivity index (χ1v) is 10.5. The Morgan fingerprint density at radius 3 is 2.29 bits per heavy atom. The molecule has 160 valence electrons. The largest absolute Gasteiger partial charge is 0.461 e. The predicted octanol–water partition coefficient (Wildman–Crippen LogP) is 5.82. The zero-order valence-corrected chi connectivity index (χ0v) is 17.2. The van der Waals surface area contributed by atoms with Crippen molar-refractivity contribution in [3.63, 3.8) is 0 Å². The summed E-state index contributed by atoms with van der Waals surface area (Å²) in [6, 6.07) is 26.3. The Hall–Kier alpha value is -3.60. The van der Waals surface area contributed by atoms with Crippen LogP contribution in [0.3, 0.4) is 0 Å². The number of carbonyl (C=O) groups excluding carboxylic acids is 2. The quantitative estimate of drug-likeness (QED) is 0.492. The molecule has 0 saturated heterocycles. The van der Waals surface area contributed by atoms with E-state index < -0.39 is 5.92 Å². The number of nitrogens with one attached hydrogen (secondary N) is 1. The Morgan fingerprint density at radius 2 is 1.52 bits per heavy atom. The van der Waals surface area contributed by atoms with Crippen LogP contribution in [-0.2, 0) is 20.9 Å². The summed E-state index contributed by atoms with van der Waals surface area (Å²) >= 11 is 0. The molecule has 1 amide bonds. The monoisotopic (exact) mass is 417 g/mol. The third kappa shape index (κ3) is 5.51. The smallest absolute Gasteiger partial charge is 0.310 e. The van der Waals surface area contributed by atoms with Gasteiger partial charge in [-0.3, -0.25) is 9.59 Å². The first-order chi connectivity index (χ1) is 15.2. The molecule has 3 aromatic carbocycles. The van der Waals surface area contributed by atoms with E-state index in [9.17, 15) is 9.59 Å². The van der Waals surface area contributed by atoms with Gasteiger partial charge in [-0.15, -0.1) is 0 Å². The Labute approximate surface area is 183 Å². The minimum atomic E-state index is -0.410. The summed E-state index contributed by atoms with van der Waals surface area (Å²) in [7, 11) is 0. The van der Waals surface area contributed by atoms with Gasteiger partial charge in [-0.2, -0.15) is 0 Å². The van der Waals surface area contributed by atoms with Gasteiger partial charge in [0, 0.05) is 13.2 Å².